The molecule has 0 saturated heterocycles. The van der Waals surface area contributed by atoms with Crippen molar-refractivity contribution in [1.29, 1.82) is 0 Å². The number of fused-ring (bicyclic) bond motifs is 2. The van der Waals surface area contributed by atoms with Crippen molar-refractivity contribution < 1.29 is 8.81 Å². The molecule has 0 radical (unpaired) electrons. The zero-order valence-corrected chi connectivity index (χ0v) is 14.6. The highest BCUT2D eigenvalue weighted by molar-refractivity contribution is 5.94. The molecule has 0 unspecified atom stereocenters. The van der Waals surface area contributed by atoms with Gasteiger partial charge >= 0.3 is 6.01 Å². The van der Waals surface area contributed by atoms with E-state index in [1.54, 1.807) is 18.5 Å². The summed E-state index contributed by atoms with van der Waals surface area (Å²) >= 11 is 0. The number of hydrogen-bond donors (Lipinski definition) is 1. The summed E-state index contributed by atoms with van der Waals surface area (Å²) in [5.74, 6) is 0.166. The summed E-state index contributed by atoms with van der Waals surface area (Å²) in [5.41, 5.74) is 2.91. The third-order valence-corrected chi connectivity index (χ3v) is 4.46. The molecule has 0 aliphatic heterocycles. The summed E-state index contributed by atoms with van der Waals surface area (Å²) in [6, 6.07) is 16.2. The smallest absolute Gasteiger partial charge is 0.301 e. The van der Waals surface area contributed by atoms with Gasteiger partial charge in [0.25, 0.3) is 0 Å². The highest BCUT2D eigenvalue weighted by Crippen LogP contribution is 2.28. The summed E-state index contributed by atoms with van der Waals surface area (Å²) in [7, 11) is 0. The lowest BCUT2D eigenvalue weighted by molar-refractivity contribution is 0.615. The molecule has 6 nitrogen and oxygen atoms in total. The fourth-order valence-electron chi connectivity index (χ4n) is 3.13. The third kappa shape index (κ3) is 3.03. The molecule has 2 aromatic carbocycles. The molecular formula is C21H14FN5O. The van der Waals surface area contributed by atoms with Gasteiger partial charge in [-0.1, -0.05) is 24.3 Å². The minimum Gasteiger partial charge on any atom is -0.423 e. The van der Waals surface area contributed by atoms with E-state index in [2.05, 4.69) is 25.5 Å². The van der Waals surface area contributed by atoms with E-state index < -0.39 is 0 Å². The van der Waals surface area contributed by atoms with Crippen molar-refractivity contribution in [1.82, 2.24) is 20.2 Å². The Morgan fingerprint density at radius 3 is 2.61 bits per heavy atom. The number of pyridine rings is 1. The van der Waals surface area contributed by atoms with Gasteiger partial charge in [-0.3, -0.25) is 10.3 Å². The molecule has 0 fully saturated rings. The summed E-state index contributed by atoms with van der Waals surface area (Å²) in [4.78, 5) is 8.32. The Morgan fingerprint density at radius 2 is 1.75 bits per heavy atom. The molecule has 0 atom stereocenters. The van der Waals surface area contributed by atoms with Gasteiger partial charge in [0.1, 0.15) is 11.3 Å². The molecule has 5 rings (SSSR count). The predicted molar refractivity (Wildman–Crippen MR) is 104 cm³/mol. The number of nitrogens with one attached hydrogen (secondary N) is 1. The van der Waals surface area contributed by atoms with Crippen LogP contribution < -0.4 is 5.32 Å². The van der Waals surface area contributed by atoms with Crippen LogP contribution in [-0.2, 0) is 6.42 Å². The first kappa shape index (κ1) is 16.3. The average molecular weight is 371 g/mol. The van der Waals surface area contributed by atoms with E-state index in [4.69, 9.17) is 4.42 Å². The molecule has 0 amide bonds. The first-order valence-electron chi connectivity index (χ1n) is 8.72. The second kappa shape index (κ2) is 6.70. The van der Waals surface area contributed by atoms with Crippen molar-refractivity contribution in [3.05, 3.63) is 84.1 Å². The Hall–Kier alpha value is -3.87. The van der Waals surface area contributed by atoms with Gasteiger partial charge in [0, 0.05) is 35.7 Å². The number of hydrogen-bond acceptors (Lipinski definition) is 6. The Kier molecular flexibility index (Phi) is 3.90. The normalized spacial score (nSPS) is 11.2. The van der Waals surface area contributed by atoms with Crippen LogP contribution in [0.5, 0.6) is 0 Å². The van der Waals surface area contributed by atoms with Gasteiger partial charge in [0.15, 0.2) is 11.4 Å². The Morgan fingerprint density at radius 1 is 0.929 bits per heavy atom. The van der Waals surface area contributed by atoms with Crippen LogP contribution in [-0.4, -0.2) is 20.2 Å². The highest BCUT2D eigenvalue weighted by atomic mass is 19.1. The maximum Gasteiger partial charge on any atom is 0.301 e. The van der Waals surface area contributed by atoms with Crippen LogP contribution in [0.15, 0.2) is 71.4 Å². The number of halogens is 1. The topological polar surface area (TPSA) is 76.7 Å². The van der Waals surface area contributed by atoms with Crippen LogP contribution in [0, 0.1) is 5.82 Å². The fourth-order valence-corrected chi connectivity index (χ4v) is 3.13. The predicted octanol–water partition coefficient (Wildman–Crippen LogP) is 4.64. The molecule has 28 heavy (non-hydrogen) atoms. The van der Waals surface area contributed by atoms with Crippen molar-refractivity contribution in [2.45, 2.75) is 6.42 Å². The largest absolute Gasteiger partial charge is 0.423 e. The average Bonchev–Trinajstić information content (AvgIpc) is 3.12. The highest BCUT2D eigenvalue weighted by Gasteiger charge is 2.13. The zero-order chi connectivity index (χ0) is 18.9. The first-order chi connectivity index (χ1) is 13.8. The molecule has 0 saturated carbocycles. The number of anilines is 2. The van der Waals surface area contributed by atoms with E-state index in [9.17, 15) is 4.39 Å². The maximum atomic E-state index is 13.4. The van der Waals surface area contributed by atoms with Crippen LogP contribution in [0.25, 0.3) is 21.9 Å². The number of rotatable bonds is 4. The van der Waals surface area contributed by atoms with Crippen molar-refractivity contribution in [3.8, 4) is 0 Å². The molecule has 7 heteroatoms. The van der Waals surface area contributed by atoms with Crippen LogP contribution in [0.2, 0.25) is 0 Å². The first-order valence-corrected chi connectivity index (χ1v) is 8.72. The summed E-state index contributed by atoms with van der Waals surface area (Å²) in [6.45, 7) is 0. The Labute approximate surface area is 159 Å². The standard InChI is InChI=1S/C21H14FN5O/c22-14-5-6-19-18(12-14)24-21(28-19)25-20-16-4-2-1-3-15(16)17(26-27-20)11-13-7-9-23-10-8-13/h1-10,12H,11H2,(H,24,25,27). The van der Waals surface area contributed by atoms with E-state index in [-0.39, 0.29) is 11.8 Å². The second-order valence-corrected chi connectivity index (χ2v) is 6.33. The van der Waals surface area contributed by atoms with E-state index >= 15 is 0 Å². The van der Waals surface area contributed by atoms with Crippen LogP contribution in [0.1, 0.15) is 11.3 Å². The number of nitrogens with zero attached hydrogens (tertiary/aromatic N) is 4. The molecule has 5 aromatic rings. The van der Waals surface area contributed by atoms with E-state index in [0.717, 1.165) is 22.0 Å². The van der Waals surface area contributed by atoms with Gasteiger partial charge in [-0.15, -0.1) is 5.10 Å². The van der Waals surface area contributed by atoms with Crippen LogP contribution in [0.4, 0.5) is 16.2 Å². The number of aromatic nitrogens is 4. The minimum atomic E-state index is -0.363. The maximum absolute atomic E-state index is 13.4. The van der Waals surface area contributed by atoms with Crippen molar-refractivity contribution in [2.24, 2.45) is 0 Å². The Bertz CT molecular complexity index is 1290. The lowest BCUT2D eigenvalue weighted by atomic mass is 10.1. The molecular weight excluding hydrogens is 357 g/mol. The SMILES string of the molecule is Fc1ccc2oc(Nc3nnc(Cc4ccncc4)c4ccccc34)nc2c1. The molecule has 0 spiro atoms. The minimum absolute atomic E-state index is 0.238. The van der Waals surface area contributed by atoms with Crippen LogP contribution >= 0.6 is 0 Å². The lowest BCUT2D eigenvalue weighted by Gasteiger charge is -2.09. The number of benzene rings is 2. The zero-order valence-electron chi connectivity index (χ0n) is 14.6. The third-order valence-electron chi connectivity index (χ3n) is 4.46. The molecule has 3 aromatic heterocycles. The molecule has 0 aliphatic carbocycles. The summed E-state index contributed by atoms with van der Waals surface area (Å²) in [5, 5.41) is 13.7. The molecule has 1 N–H and O–H groups in total. The molecule has 0 bridgehead atoms. The van der Waals surface area contributed by atoms with Gasteiger partial charge in [-0.2, -0.15) is 10.1 Å². The molecule has 136 valence electrons. The summed E-state index contributed by atoms with van der Waals surface area (Å²) in [6.07, 6.45) is 4.17. The van der Waals surface area contributed by atoms with E-state index in [1.807, 2.05) is 36.4 Å². The second-order valence-electron chi connectivity index (χ2n) is 6.33. The molecule has 3 heterocycles. The van der Waals surface area contributed by atoms with E-state index in [0.29, 0.717) is 23.3 Å². The quantitative estimate of drug-likeness (QED) is 0.496. The lowest BCUT2D eigenvalue weighted by Crippen LogP contribution is -2.02. The van der Waals surface area contributed by atoms with Gasteiger partial charge in [-0.25, -0.2) is 4.39 Å². The molecule has 0 aliphatic rings. The van der Waals surface area contributed by atoms with E-state index in [1.165, 1.54) is 12.1 Å². The summed E-state index contributed by atoms with van der Waals surface area (Å²) < 4.78 is 19.0. The van der Waals surface area contributed by atoms with Gasteiger partial charge in [-0.05, 0) is 29.8 Å². The van der Waals surface area contributed by atoms with Gasteiger partial charge < -0.3 is 4.42 Å². The monoisotopic (exact) mass is 371 g/mol. The van der Waals surface area contributed by atoms with Crippen molar-refractivity contribution >= 4 is 33.7 Å². The van der Waals surface area contributed by atoms with Gasteiger partial charge in [0.05, 0.1) is 5.69 Å². The van der Waals surface area contributed by atoms with Gasteiger partial charge in [0.2, 0.25) is 0 Å². The van der Waals surface area contributed by atoms with Crippen LogP contribution in [0.3, 0.4) is 0 Å². The number of oxazole rings is 1. The van der Waals surface area contributed by atoms with Crippen molar-refractivity contribution in [2.75, 3.05) is 5.32 Å². The van der Waals surface area contributed by atoms with Crippen molar-refractivity contribution in [3.63, 3.8) is 0 Å². The Balaban J connectivity index is 1.53. The fraction of sp³-hybridized carbons (Fsp3) is 0.0476.